The Hall–Kier alpha value is -2.98. The zero-order valence-corrected chi connectivity index (χ0v) is 18.6. The van der Waals surface area contributed by atoms with Gasteiger partial charge in [0.25, 0.3) is 0 Å². The first-order valence-electron chi connectivity index (χ1n) is 10.4. The highest BCUT2D eigenvalue weighted by Crippen LogP contribution is 2.32. The number of fused-ring (bicyclic) bond motifs is 1. The molecule has 1 atom stereocenters. The van der Waals surface area contributed by atoms with Crippen molar-refractivity contribution >= 4 is 26.8 Å². The van der Waals surface area contributed by atoms with Crippen LogP contribution in [0.15, 0.2) is 59.6 Å². The average Bonchev–Trinajstić information content (AvgIpc) is 3.17. The highest BCUT2D eigenvalue weighted by Gasteiger charge is 2.33. The maximum Gasteiger partial charge on any atom is 0.416 e. The number of nitrogens with one attached hydrogen (secondary N) is 1. The van der Waals surface area contributed by atoms with Crippen molar-refractivity contribution in [1.29, 1.82) is 0 Å². The number of hydrogen-bond donors (Lipinski definition) is 1. The first-order valence-corrected chi connectivity index (χ1v) is 11.9. The fourth-order valence-electron chi connectivity index (χ4n) is 4.03. The number of carbonyl (C=O) groups is 1. The Morgan fingerprint density at radius 1 is 1.15 bits per heavy atom. The molecule has 3 aromatic rings. The lowest BCUT2D eigenvalue weighted by molar-refractivity contribution is -0.137. The van der Waals surface area contributed by atoms with Crippen molar-refractivity contribution in [2.45, 2.75) is 36.9 Å². The number of rotatable bonds is 6. The minimum atomic E-state index is -4.58. The van der Waals surface area contributed by atoms with Gasteiger partial charge in [-0.1, -0.05) is 18.2 Å². The number of likely N-dealkylation sites (tertiary alicyclic amines) is 1. The van der Waals surface area contributed by atoms with Crippen molar-refractivity contribution < 1.29 is 26.4 Å². The lowest BCUT2D eigenvalue weighted by atomic mass is 10.0. The maximum absolute atomic E-state index is 13.4. The summed E-state index contributed by atoms with van der Waals surface area (Å²) in [6.45, 7) is 2.17. The Bertz CT molecular complexity index is 1310. The summed E-state index contributed by atoms with van der Waals surface area (Å²) in [6.07, 6.45) is -2.07. The molecule has 0 radical (unpaired) electrons. The molecule has 0 aliphatic carbocycles. The second-order valence-corrected chi connectivity index (χ2v) is 9.70. The van der Waals surface area contributed by atoms with Gasteiger partial charge in [-0.05, 0) is 54.8 Å². The molecule has 1 fully saturated rings. The molecule has 6 nitrogen and oxygen atoms in total. The third-order valence-corrected chi connectivity index (χ3v) is 7.24. The van der Waals surface area contributed by atoms with Crippen LogP contribution in [0.25, 0.3) is 10.9 Å². The van der Waals surface area contributed by atoms with Crippen molar-refractivity contribution in [2.75, 3.05) is 13.1 Å². The van der Waals surface area contributed by atoms with Gasteiger partial charge in [0.1, 0.15) is 0 Å². The molecular formula is C23H22F3N3O3S. The van der Waals surface area contributed by atoms with Gasteiger partial charge in [0.15, 0.2) is 0 Å². The molecule has 1 N–H and O–H groups in total. The lowest BCUT2D eigenvalue weighted by Gasteiger charge is -2.26. The molecule has 1 unspecified atom stereocenters. The molecule has 2 aromatic carbocycles. The largest absolute Gasteiger partial charge is 0.416 e. The van der Waals surface area contributed by atoms with E-state index in [0.717, 1.165) is 17.7 Å². The topological polar surface area (TPSA) is 79.4 Å². The van der Waals surface area contributed by atoms with E-state index in [1.54, 1.807) is 24.4 Å². The normalized spacial score (nSPS) is 15.9. The fraction of sp³-hybridized carbons (Fsp3) is 0.304. The molecule has 174 valence electrons. The third kappa shape index (κ3) is 4.86. The Morgan fingerprint density at radius 2 is 1.94 bits per heavy atom. The van der Waals surface area contributed by atoms with E-state index < -0.39 is 27.8 Å². The van der Waals surface area contributed by atoms with E-state index >= 15 is 0 Å². The van der Waals surface area contributed by atoms with E-state index in [-0.39, 0.29) is 22.9 Å². The highest BCUT2D eigenvalue weighted by molar-refractivity contribution is 7.89. The van der Waals surface area contributed by atoms with E-state index in [1.165, 1.54) is 23.1 Å². The average molecular weight is 478 g/mol. The van der Waals surface area contributed by atoms with E-state index in [1.807, 2.05) is 6.92 Å². The molecule has 1 amide bonds. The molecule has 33 heavy (non-hydrogen) atoms. The molecule has 0 saturated carbocycles. The van der Waals surface area contributed by atoms with Crippen LogP contribution < -0.4 is 4.72 Å². The van der Waals surface area contributed by atoms with Gasteiger partial charge in [-0.2, -0.15) is 13.2 Å². The number of sulfonamides is 1. The van der Waals surface area contributed by atoms with Crippen LogP contribution in [0, 0.1) is 6.92 Å². The van der Waals surface area contributed by atoms with E-state index in [0.29, 0.717) is 30.3 Å². The van der Waals surface area contributed by atoms with Crippen LogP contribution in [-0.4, -0.2) is 37.3 Å². The number of halogens is 3. The minimum absolute atomic E-state index is 0.0269. The molecular weight excluding hydrogens is 455 g/mol. The first-order chi connectivity index (χ1) is 15.6. The summed E-state index contributed by atoms with van der Waals surface area (Å²) in [6, 6.07) is 9.78. The molecule has 1 saturated heterocycles. The predicted octanol–water partition coefficient (Wildman–Crippen LogP) is 4.20. The number of aryl methyl sites for hydroxylation is 1. The van der Waals surface area contributed by atoms with Crippen LogP contribution in [0.4, 0.5) is 13.2 Å². The predicted molar refractivity (Wildman–Crippen MR) is 117 cm³/mol. The van der Waals surface area contributed by atoms with Crippen molar-refractivity contribution in [3.8, 4) is 0 Å². The van der Waals surface area contributed by atoms with Crippen molar-refractivity contribution in [3.05, 3.63) is 71.4 Å². The second-order valence-electron chi connectivity index (χ2n) is 8.02. The van der Waals surface area contributed by atoms with Crippen molar-refractivity contribution in [1.82, 2.24) is 14.6 Å². The molecule has 0 bridgehead atoms. The van der Waals surface area contributed by atoms with E-state index in [9.17, 15) is 26.4 Å². The number of carbonyl (C=O) groups excluding carboxylic acids is 1. The van der Waals surface area contributed by atoms with Gasteiger partial charge in [-0.25, -0.2) is 13.1 Å². The van der Waals surface area contributed by atoms with Crippen LogP contribution in [0.3, 0.4) is 0 Å². The molecule has 1 aliphatic heterocycles. The van der Waals surface area contributed by atoms with E-state index in [2.05, 4.69) is 9.71 Å². The molecule has 1 aromatic heterocycles. The smallest absolute Gasteiger partial charge is 0.341 e. The van der Waals surface area contributed by atoms with Crippen LogP contribution in [0.1, 0.15) is 35.6 Å². The summed E-state index contributed by atoms with van der Waals surface area (Å²) in [7, 11) is -4.17. The summed E-state index contributed by atoms with van der Waals surface area (Å²) < 4.78 is 69.3. The summed E-state index contributed by atoms with van der Waals surface area (Å²) in [5.41, 5.74) is 0.553. The Kier molecular flexibility index (Phi) is 6.15. The third-order valence-electron chi connectivity index (χ3n) is 5.71. The lowest BCUT2D eigenvalue weighted by Crippen LogP contribution is -2.38. The second kappa shape index (κ2) is 8.75. The van der Waals surface area contributed by atoms with Crippen LogP contribution in [-0.2, 0) is 21.0 Å². The number of pyridine rings is 1. The summed E-state index contributed by atoms with van der Waals surface area (Å²) >= 11 is 0. The molecule has 10 heteroatoms. The Balaban J connectivity index is 1.75. The van der Waals surface area contributed by atoms with Gasteiger partial charge in [0, 0.05) is 31.1 Å². The molecule has 4 rings (SSSR count). The summed E-state index contributed by atoms with van der Waals surface area (Å²) in [5.74, 6) is -0.156. The van der Waals surface area contributed by atoms with Gasteiger partial charge in [-0.3, -0.25) is 9.78 Å². The van der Waals surface area contributed by atoms with Gasteiger partial charge in [0.05, 0.1) is 22.0 Å². The minimum Gasteiger partial charge on any atom is -0.341 e. The quantitative estimate of drug-likeness (QED) is 0.577. The van der Waals surface area contributed by atoms with Crippen molar-refractivity contribution in [2.24, 2.45) is 0 Å². The highest BCUT2D eigenvalue weighted by atomic mass is 32.2. The summed E-state index contributed by atoms with van der Waals surface area (Å²) in [5, 5.41) is 0.407. The van der Waals surface area contributed by atoms with Crippen LogP contribution in [0.2, 0.25) is 0 Å². The fourth-order valence-corrected chi connectivity index (χ4v) is 5.45. The standard InChI is InChI=1S/C23H22F3N3O3S/c1-15-9-10-20(18-7-3-11-27-22(15)18)33(31,32)28-19(14-29-12-4-8-21(29)30)16-5-2-6-17(13-16)23(24,25)26/h2-3,5-7,9-11,13,19,28H,4,8,12,14H2,1H3. The van der Waals surface area contributed by atoms with Crippen molar-refractivity contribution in [3.63, 3.8) is 0 Å². The van der Waals surface area contributed by atoms with Gasteiger partial charge in [-0.15, -0.1) is 0 Å². The molecule has 0 spiro atoms. The number of hydrogen-bond acceptors (Lipinski definition) is 4. The maximum atomic E-state index is 13.4. The van der Waals surface area contributed by atoms with Gasteiger partial charge in [0.2, 0.25) is 15.9 Å². The van der Waals surface area contributed by atoms with Crippen LogP contribution >= 0.6 is 0 Å². The summed E-state index contributed by atoms with van der Waals surface area (Å²) in [4.78, 5) is 17.9. The molecule has 1 aliphatic rings. The SMILES string of the molecule is Cc1ccc(S(=O)(=O)NC(CN2CCCC2=O)c2cccc(C(F)(F)F)c2)c2cccnc12. The zero-order chi connectivity index (χ0) is 23.8. The van der Waals surface area contributed by atoms with Gasteiger partial charge < -0.3 is 4.90 Å². The number of aromatic nitrogens is 1. The molecule has 2 heterocycles. The number of benzene rings is 2. The number of nitrogens with zero attached hydrogens (tertiary/aromatic N) is 2. The Morgan fingerprint density at radius 3 is 2.64 bits per heavy atom. The first kappa shape index (κ1) is 23.2. The zero-order valence-electron chi connectivity index (χ0n) is 17.8. The number of amides is 1. The monoisotopic (exact) mass is 477 g/mol. The number of alkyl halides is 3. The van der Waals surface area contributed by atoms with Gasteiger partial charge >= 0.3 is 6.18 Å². The van der Waals surface area contributed by atoms with Crippen LogP contribution in [0.5, 0.6) is 0 Å². The Labute approximate surface area is 189 Å². The van der Waals surface area contributed by atoms with E-state index in [4.69, 9.17) is 0 Å².